The number of hydrogen-bond acceptors (Lipinski definition) is 2. The number of amides is 1. The Bertz CT molecular complexity index is 492. The van der Waals surface area contributed by atoms with Crippen LogP contribution in [0, 0.1) is 12.3 Å². The van der Waals surface area contributed by atoms with Crippen molar-refractivity contribution in [3.05, 3.63) is 29.8 Å². The molecule has 0 aliphatic heterocycles. The van der Waals surface area contributed by atoms with Gasteiger partial charge in [0.1, 0.15) is 5.41 Å². The highest BCUT2D eigenvalue weighted by Crippen LogP contribution is 2.43. The Morgan fingerprint density at radius 2 is 1.89 bits per heavy atom. The fraction of sp³-hybridized carbons (Fsp3) is 0.429. The van der Waals surface area contributed by atoms with E-state index in [9.17, 15) is 14.7 Å². The van der Waals surface area contributed by atoms with Crippen molar-refractivity contribution in [2.24, 2.45) is 5.41 Å². The van der Waals surface area contributed by atoms with Crippen LogP contribution in [0.2, 0.25) is 0 Å². The number of hydrogen-bond donors (Lipinski definition) is 1. The van der Waals surface area contributed by atoms with Crippen LogP contribution in [0.4, 0.5) is 5.69 Å². The second-order valence-corrected chi connectivity index (χ2v) is 4.89. The van der Waals surface area contributed by atoms with Crippen molar-refractivity contribution in [2.75, 3.05) is 11.9 Å². The molecule has 0 spiro atoms. The largest absolute Gasteiger partial charge is 0.480 e. The minimum absolute atomic E-state index is 0.310. The number of nitrogens with zero attached hydrogens (tertiary/aromatic N) is 1. The van der Waals surface area contributed by atoms with Gasteiger partial charge in [-0.25, -0.2) is 0 Å². The molecule has 0 atom stereocenters. The Labute approximate surface area is 106 Å². The van der Waals surface area contributed by atoms with Crippen molar-refractivity contribution in [2.45, 2.75) is 26.2 Å². The Morgan fingerprint density at radius 1 is 1.28 bits per heavy atom. The first-order valence-corrected chi connectivity index (χ1v) is 6.06. The molecule has 0 heterocycles. The number of carbonyl (C=O) groups excluding carboxylic acids is 1. The molecule has 0 radical (unpaired) electrons. The molecule has 1 N–H and O–H groups in total. The van der Waals surface area contributed by atoms with E-state index < -0.39 is 11.4 Å². The molecule has 1 fully saturated rings. The van der Waals surface area contributed by atoms with Gasteiger partial charge in [-0.1, -0.05) is 24.6 Å². The summed E-state index contributed by atoms with van der Waals surface area (Å²) in [4.78, 5) is 25.2. The molecule has 18 heavy (non-hydrogen) atoms. The number of para-hydroxylation sites is 1. The van der Waals surface area contributed by atoms with Crippen LogP contribution >= 0.6 is 0 Å². The van der Waals surface area contributed by atoms with Gasteiger partial charge in [-0.15, -0.1) is 0 Å². The number of anilines is 1. The fourth-order valence-corrected chi connectivity index (χ4v) is 2.42. The van der Waals surface area contributed by atoms with Crippen LogP contribution in [0.3, 0.4) is 0 Å². The van der Waals surface area contributed by atoms with Crippen LogP contribution in [-0.4, -0.2) is 24.0 Å². The topological polar surface area (TPSA) is 57.6 Å². The molecule has 96 valence electrons. The van der Waals surface area contributed by atoms with Gasteiger partial charge < -0.3 is 10.0 Å². The molecule has 1 aliphatic carbocycles. The van der Waals surface area contributed by atoms with E-state index in [2.05, 4.69) is 0 Å². The highest BCUT2D eigenvalue weighted by atomic mass is 16.4. The standard InChI is InChI=1S/C14H17NO3/c1-10-6-3-4-7-11(10)15(2)12(16)14(13(17)18)8-5-9-14/h3-4,6-7H,5,8-9H2,1-2H3,(H,17,18). The lowest BCUT2D eigenvalue weighted by atomic mass is 9.67. The van der Waals surface area contributed by atoms with Crippen LogP contribution in [0.5, 0.6) is 0 Å². The zero-order valence-corrected chi connectivity index (χ0v) is 10.6. The average Bonchev–Trinajstić information content (AvgIpc) is 2.26. The normalized spacial score (nSPS) is 16.8. The third-order valence-electron chi connectivity index (χ3n) is 3.81. The van der Waals surface area contributed by atoms with Gasteiger partial charge in [0.05, 0.1) is 0 Å². The van der Waals surface area contributed by atoms with E-state index in [1.54, 1.807) is 7.05 Å². The predicted octanol–water partition coefficient (Wildman–Crippen LogP) is 2.21. The third-order valence-corrected chi connectivity index (χ3v) is 3.81. The smallest absolute Gasteiger partial charge is 0.319 e. The second kappa shape index (κ2) is 4.44. The highest BCUT2D eigenvalue weighted by molar-refractivity contribution is 6.10. The van der Waals surface area contributed by atoms with E-state index >= 15 is 0 Å². The Kier molecular flexibility index (Phi) is 3.11. The number of rotatable bonds is 3. The molecule has 1 aromatic carbocycles. The van der Waals surface area contributed by atoms with E-state index in [1.165, 1.54) is 4.90 Å². The summed E-state index contributed by atoms with van der Waals surface area (Å²) >= 11 is 0. The van der Waals surface area contributed by atoms with Crippen molar-refractivity contribution < 1.29 is 14.7 Å². The maximum Gasteiger partial charge on any atom is 0.319 e. The molecule has 2 rings (SSSR count). The Balaban J connectivity index is 2.29. The fourth-order valence-electron chi connectivity index (χ4n) is 2.42. The summed E-state index contributed by atoms with van der Waals surface area (Å²) in [5.41, 5.74) is 0.542. The molecule has 1 amide bonds. The van der Waals surface area contributed by atoms with E-state index in [1.807, 2.05) is 31.2 Å². The molecule has 1 aliphatic rings. The monoisotopic (exact) mass is 247 g/mol. The quantitative estimate of drug-likeness (QED) is 0.833. The first kappa shape index (κ1) is 12.6. The van der Waals surface area contributed by atoms with Gasteiger partial charge in [0.2, 0.25) is 5.91 Å². The number of carbonyl (C=O) groups is 2. The summed E-state index contributed by atoms with van der Waals surface area (Å²) in [5, 5.41) is 9.27. The third kappa shape index (κ3) is 1.78. The van der Waals surface area contributed by atoms with Crippen LogP contribution < -0.4 is 4.90 Å². The summed E-state index contributed by atoms with van der Waals surface area (Å²) in [6.45, 7) is 1.91. The van der Waals surface area contributed by atoms with E-state index in [0.717, 1.165) is 17.7 Å². The maximum absolute atomic E-state index is 12.4. The van der Waals surface area contributed by atoms with Gasteiger partial charge in [-0.2, -0.15) is 0 Å². The minimum atomic E-state index is -1.20. The molecule has 0 bridgehead atoms. The zero-order valence-electron chi connectivity index (χ0n) is 10.6. The van der Waals surface area contributed by atoms with Gasteiger partial charge in [-0.3, -0.25) is 9.59 Å². The molecule has 0 aromatic heterocycles. The lowest BCUT2D eigenvalue weighted by Gasteiger charge is -2.39. The highest BCUT2D eigenvalue weighted by Gasteiger charge is 2.52. The molecule has 4 heteroatoms. The summed E-state index contributed by atoms with van der Waals surface area (Å²) in [6.07, 6.45) is 1.69. The van der Waals surface area contributed by atoms with Gasteiger partial charge in [0.15, 0.2) is 0 Å². The molecule has 1 aromatic rings. The van der Waals surface area contributed by atoms with E-state index in [0.29, 0.717) is 12.8 Å². The number of benzene rings is 1. The molecule has 4 nitrogen and oxygen atoms in total. The average molecular weight is 247 g/mol. The summed E-state index contributed by atoms with van der Waals surface area (Å²) in [5.74, 6) is -1.31. The Morgan fingerprint density at radius 3 is 2.33 bits per heavy atom. The SMILES string of the molecule is Cc1ccccc1N(C)C(=O)C1(C(=O)O)CCC1. The van der Waals surface area contributed by atoms with Crippen molar-refractivity contribution >= 4 is 17.6 Å². The number of aryl methyl sites for hydroxylation is 1. The zero-order chi connectivity index (χ0) is 13.3. The molecule has 0 unspecified atom stereocenters. The van der Waals surface area contributed by atoms with Crippen LogP contribution in [-0.2, 0) is 9.59 Å². The first-order chi connectivity index (χ1) is 8.49. The summed E-state index contributed by atoms with van der Waals surface area (Å²) in [6, 6.07) is 7.49. The van der Waals surface area contributed by atoms with Crippen molar-refractivity contribution in [3.63, 3.8) is 0 Å². The molecular weight excluding hydrogens is 230 g/mol. The molecular formula is C14H17NO3. The van der Waals surface area contributed by atoms with Gasteiger partial charge in [0, 0.05) is 12.7 Å². The lowest BCUT2D eigenvalue weighted by Crippen LogP contribution is -2.51. The molecule has 1 saturated carbocycles. The molecule has 0 saturated heterocycles. The number of carboxylic acid groups (broad SMARTS) is 1. The van der Waals surface area contributed by atoms with Crippen molar-refractivity contribution in [1.82, 2.24) is 0 Å². The Hall–Kier alpha value is -1.84. The van der Waals surface area contributed by atoms with Crippen LogP contribution in [0.1, 0.15) is 24.8 Å². The number of aliphatic carboxylic acids is 1. The second-order valence-electron chi connectivity index (χ2n) is 4.89. The summed E-state index contributed by atoms with van der Waals surface area (Å²) in [7, 11) is 1.65. The summed E-state index contributed by atoms with van der Waals surface area (Å²) < 4.78 is 0. The number of carboxylic acids is 1. The van der Waals surface area contributed by atoms with E-state index in [4.69, 9.17) is 0 Å². The van der Waals surface area contributed by atoms with Crippen LogP contribution in [0.25, 0.3) is 0 Å². The minimum Gasteiger partial charge on any atom is -0.480 e. The van der Waals surface area contributed by atoms with Gasteiger partial charge in [0.25, 0.3) is 0 Å². The van der Waals surface area contributed by atoms with Gasteiger partial charge >= 0.3 is 5.97 Å². The van der Waals surface area contributed by atoms with E-state index in [-0.39, 0.29) is 5.91 Å². The van der Waals surface area contributed by atoms with Crippen molar-refractivity contribution in [1.29, 1.82) is 0 Å². The predicted molar refractivity (Wildman–Crippen MR) is 68.5 cm³/mol. The van der Waals surface area contributed by atoms with Crippen molar-refractivity contribution in [3.8, 4) is 0 Å². The lowest BCUT2D eigenvalue weighted by molar-refractivity contribution is -0.160. The maximum atomic E-state index is 12.4. The first-order valence-electron chi connectivity index (χ1n) is 6.06. The van der Waals surface area contributed by atoms with Crippen LogP contribution in [0.15, 0.2) is 24.3 Å². The van der Waals surface area contributed by atoms with Gasteiger partial charge in [-0.05, 0) is 31.4 Å².